The minimum Gasteiger partial charge on any atom is -0.490 e. The second-order valence-electron chi connectivity index (χ2n) is 12.4. The first-order valence-corrected chi connectivity index (χ1v) is 18.2. The first-order chi connectivity index (χ1) is 23.8. The summed E-state index contributed by atoms with van der Waals surface area (Å²) in [6.07, 6.45) is 0.258. The predicted molar refractivity (Wildman–Crippen MR) is 188 cm³/mol. The number of rotatable bonds is 17. The Hall–Kier alpha value is -3.68. The second-order valence-corrected chi connectivity index (χ2v) is 14.4. The number of hydrogen-bond donors (Lipinski definition) is 1. The molecule has 1 fully saturated rings. The van der Waals surface area contributed by atoms with E-state index in [1.54, 1.807) is 44.6 Å². The number of aryl methyl sites for hydroxylation is 1. The summed E-state index contributed by atoms with van der Waals surface area (Å²) in [7, 11) is -0.716. The van der Waals surface area contributed by atoms with Crippen LogP contribution in [0.4, 0.5) is 5.69 Å². The van der Waals surface area contributed by atoms with Crippen molar-refractivity contribution in [2.45, 2.75) is 42.3 Å². The number of methoxy groups -OCH3 is 2. The Bertz CT molecular complexity index is 1650. The summed E-state index contributed by atoms with van der Waals surface area (Å²) >= 11 is 0. The van der Waals surface area contributed by atoms with Gasteiger partial charge in [-0.15, -0.1) is 0 Å². The molecule has 3 aromatic rings. The summed E-state index contributed by atoms with van der Waals surface area (Å²) < 4.78 is 58.0. The van der Waals surface area contributed by atoms with Crippen molar-refractivity contribution in [1.82, 2.24) is 5.32 Å². The Labute approximate surface area is 289 Å². The van der Waals surface area contributed by atoms with Crippen molar-refractivity contribution in [3.63, 3.8) is 0 Å². The van der Waals surface area contributed by atoms with Gasteiger partial charge >= 0.3 is 0 Å². The fraction of sp³-hybridized carbons (Fsp3) is 0.500. The average Bonchev–Trinajstić information content (AvgIpc) is 3.12. The molecule has 0 aromatic heterocycles. The monoisotopic (exact) mass is 693 g/mol. The third kappa shape index (κ3) is 9.31. The van der Waals surface area contributed by atoms with Crippen molar-refractivity contribution in [2.24, 2.45) is 11.0 Å². The number of nitrogens with one attached hydrogen (secondary N) is 1. The van der Waals surface area contributed by atoms with E-state index in [2.05, 4.69) is 20.2 Å². The van der Waals surface area contributed by atoms with Crippen LogP contribution in [0.1, 0.15) is 40.0 Å². The van der Waals surface area contributed by atoms with Crippen LogP contribution in [0.25, 0.3) is 10.4 Å². The van der Waals surface area contributed by atoms with Gasteiger partial charge in [-0.25, -0.2) is 8.42 Å². The van der Waals surface area contributed by atoms with Gasteiger partial charge in [-0.05, 0) is 72.3 Å². The SMILES string of the molecule is COCCCN1CCOc2ccc(C(O[C@H]3CNC[C@H](CN=[N+]=[N-])[C@@H]3c3ccc(COCCOC)cc3)S(=O)(=O)c3ccc(C)cc3)cc21. The third-order valence-electron chi connectivity index (χ3n) is 9.03. The summed E-state index contributed by atoms with van der Waals surface area (Å²) in [4.78, 5) is 5.41. The van der Waals surface area contributed by atoms with Crippen LogP contribution in [0.5, 0.6) is 5.75 Å². The molecule has 0 radical (unpaired) electrons. The van der Waals surface area contributed by atoms with Crippen LogP contribution in [0.15, 0.2) is 76.7 Å². The zero-order valence-electron chi connectivity index (χ0n) is 28.5. The molecular weight excluding hydrogens is 646 g/mol. The minimum atomic E-state index is -4.04. The van der Waals surface area contributed by atoms with Crippen LogP contribution >= 0.6 is 0 Å². The van der Waals surface area contributed by atoms with Crippen LogP contribution in [0.2, 0.25) is 0 Å². The van der Waals surface area contributed by atoms with Gasteiger partial charge in [0, 0.05) is 51.3 Å². The van der Waals surface area contributed by atoms with E-state index in [1.807, 2.05) is 43.3 Å². The number of hydrogen-bond acceptors (Lipinski definition) is 10. The first kappa shape index (κ1) is 36.6. The summed E-state index contributed by atoms with van der Waals surface area (Å²) in [5, 5.41) is 7.33. The van der Waals surface area contributed by atoms with Crippen LogP contribution in [-0.4, -0.2) is 87.9 Å². The van der Waals surface area contributed by atoms with Crippen molar-refractivity contribution in [2.75, 3.05) is 78.3 Å². The van der Waals surface area contributed by atoms with E-state index in [1.165, 1.54) is 0 Å². The largest absolute Gasteiger partial charge is 0.490 e. The number of piperidine rings is 1. The molecule has 1 N–H and O–H groups in total. The Kier molecular flexibility index (Phi) is 13.3. The highest BCUT2D eigenvalue weighted by Gasteiger charge is 2.40. The quantitative estimate of drug-likeness (QED) is 0.0831. The maximum absolute atomic E-state index is 14.6. The van der Waals surface area contributed by atoms with Gasteiger partial charge in [0.25, 0.3) is 0 Å². The van der Waals surface area contributed by atoms with Crippen LogP contribution in [0, 0.1) is 12.8 Å². The normalized spacial score (nSPS) is 19.8. The smallest absolute Gasteiger partial charge is 0.209 e. The molecule has 0 amide bonds. The molecule has 4 atom stereocenters. The maximum atomic E-state index is 14.6. The van der Waals surface area contributed by atoms with Gasteiger partial charge in [0.2, 0.25) is 9.84 Å². The molecule has 2 heterocycles. The Morgan fingerprint density at radius 1 is 1.02 bits per heavy atom. The van der Waals surface area contributed by atoms with E-state index in [0.717, 1.165) is 35.3 Å². The van der Waals surface area contributed by atoms with E-state index in [0.29, 0.717) is 64.0 Å². The van der Waals surface area contributed by atoms with Gasteiger partial charge in [-0.2, -0.15) is 0 Å². The Morgan fingerprint density at radius 2 is 1.80 bits per heavy atom. The second kappa shape index (κ2) is 17.8. The molecule has 1 saturated heterocycles. The molecule has 264 valence electrons. The molecular formula is C36H47N5O7S. The molecule has 3 aromatic carbocycles. The minimum absolute atomic E-state index is 0.130. The van der Waals surface area contributed by atoms with Crippen molar-refractivity contribution in [3.8, 4) is 5.75 Å². The van der Waals surface area contributed by atoms with Crippen molar-refractivity contribution in [3.05, 3.63) is 99.4 Å². The molecule has 0 saturated carbocycles. The Morgan fingerprint density at radius 3 is 2.53 bits per heavy atom. The van der Waals surface area contributed by atoms with Gasteiger partial charge < -0.3 is 33.9 Å². The van der Waals surface area contributed by atoms with Crippen LogP contribution in [-0.2, 0) is 35.4 Å². The van der Waals surface area contributed by atoms with Crippen molar-refractivity contribution < 1.29 is 32.1 Å². The van der Waals surface area contributed by atoms with Crippen LogP contribution < -0.4 is 15.0 Å². The molecule has 0 bridgehead atoms. The number of anilines is 1. The molecule has 1 unspecified atom stereocenters. The van der Waals surface area contributed by atoms with Gasteiger partial charge in [0.1, 0.15) is 12.4 Å². The average molecular weight is 694 g/mol. The lowest BCUT2D eigenvalue weighted by atomic mass is 9.79. The summed E-state index contributed by atoms with van der Waals surface area (Å²) in [5.41, 5.74) is 12.2. The molecule has 49 heavy (non-hydrogen) atoms. The zero-order chi connectivity index (χ0) is 34.6. The lowest BCUT2D eigenvalue weighted by Gasteiger charge is -2.40. The highest BCUT2D eigenvalue weighted by molar-refractivity contribution is 7.91. The summed E-state index contributed by atoms with van der Waals surface area (Å²) in [6.45, 7) is 7.20. The summed E-state index contributed by atoms with van der Waals surface area (Å²) in [5.74, 6) is 0.323. The standard InChI is InChI=1S/C36H47N5O7S/c1-26-5-12-31(13-6-26)49(42,43)36(29-11-14-33-32(21-29)41(16-18-47-33)15-4-17-44-2)48-34-24-38-22-30(23-39-40-37)35(34)28-9-7-27(8-10-28)25-46-20-19-45-3/h5-14,21,30,34-36,38H,4,15-20,22-25H2,1-3H3/t30-,34+,35+,36?/m1/s1. The first-order valence-electron chi connectivity index (χ1n) is 16.7. The highest BCUT2D eigenvalue weighted by atomic mass is 32.2. The number of benzene rings is 3. The number of ether oxygens (including phenoxy) is 5. The Balaban J connectivity index is 1.52. The van der Waals surface area contributed by atoms with Gasteiger partial charge in [0.05, 0.1) is 43.1 Å². The van der Waals surface area contributed by atoms with E-state index >= 15 is 0 Å². The molecule has 2 aliphatic heterocycles. The molecule has 13 heteroatoms. The van der Waals surface area contributed by atoms with E-state index in [4.69, 9.17) is 23.7 Å². The molecule has 0 aliphatic carbocycles. The topological polar surface area (TPSA) is 144 Å². The van der Waals surface area contributed by atoms with Crippen LogP contribution in [0.3, 0.4) is 0 Å². The van der Waals surface area contributed by atoms with Gasteiger partial charge in [-0.3, -0.25) is 0 Å². The van der Waals surface area contributed by atoms with Crippen molar-refractivity contribution >= 4 is 15.5 Å². The highest BCUT2D eigenvalue weighted by Crippen LogP contribution is 2.42. The fourth-order valence-electron chi connectivity index (χ4n) is 6.49. The molecule has 5 rings (SSSR count). The third-order valence-corrected chi connectivity index (χ3v) is 10.9. The van der Waals surface area contributed by atoms with Gasteiger partial charge in [0.15, 0.2) is 5.44 Å². The molecule has 0 spiro atoms. The van der Waals surface area contributed by atoms with Gasteiger partial charge in [-0.1, -0.05) is 53.1 Å². The van der Waals surface area contributed by atoms with E-state index in [-0.39, 0.29) is 23.3 Å². The lowest BCUT2D eigenvalue weighted by molar-refractivity contribution is -0.0133. The molecule has 2 aliphatic rings. The zero-order valence-corrected chi connectivity index (χ0v) is 29.3. The number of azide groups is 1. The number of sulfone groups is 1. The van der Waals surface area contributed by atoms with E-state index < -0.39 is 21.4 Å². The predicted octanol–water partition coefficient (Wildman–Crippen LogP) is 5.56. The fourth-order valence-corrected chi connectivity index (χ4v) is 8.04. The number of nitrogens with zero attached hydrogens (tertiary/aromatic N) is 4. The lowest BCUT2D eigenvalue weighted by Crippen LogP contribution is -2.48. The number of fused-ring (bicyclic) bond motifs is 1. The van der Waals surface area contributed by atoms with Crippen molar-refractivity contribution in [1.29, 1.82) is 0 Å². The summed E-state index contributed by atoms with van der Waals surface area (Å²) in [6, 6.07) is 20.4. The van der Waals surface area contributed by atoms with E-state index in [9.17, 15) is 13.9 Å². The molecule has 12 nitrogen and oxygen atoms in total. The maximum Gasteiger partial charge on any atom is 0.209 e.